The van der Waals surface area contributed by atoms with Crippen LogP contribution in [0.15, 0.2) is 14.7 Å². The van der Waals surface area contributed by atoms with Gasteiger partial charge in [0, 0.05) is 18.8 Å². The van der Waals surface area contributed by atoms with Gasteiger partial charge in [-0.25, -0.2) is 0 Å². The van der Waals surface area contributed by atoms with Gasteiger partial charge in [0.15, 0.2) is 5.16 Å². The fourth-order valence-corrected chi connectivity index (χ4v) is 2.72. The molecule has 114 valence electrons. The molecule has 0 saturated heterocycles. The van der Waals surface area contributed by atoms with E-state index in [1.165, 1.54) is 16.4 Å². The fraction of sp³-hybridized carbons (Fsp3) is 0.769. The minimum absolute atomic E-state index is 0.551. The number of unbranched alkanes of at least 4 members (excludes halogenated alkanes) is 1. The lowest BCUT2D eigenvalue weighted by Gasteiger charge is -2.12. The predicted octanol–water partition coefficient (Wildman–Crippen LogP) is 1.12. The summed E-state index contributed by atoms with van der Waals surface area (Å²) in [7, 11) is 1.69. The van der Waals surface area contributed by atoms with E-state index in [0.29, 0.717) is 11.2 Å². The summed E-state index contributed by atoms with van der Waals surface area (Å²) in [5.41, 5.74) is -1.39. The van der Waals surface area contributed by atoms with Crippen LogP contribution < -0.4 is 16.4 Å². The smallest absolute Gasteiger partial charge is 0.314 e. The van der Waals surface area contributed by atoms with Gasteiger partial charge >= 0.3 is 11.1 Å². The Morgan fingerprint density at radius 1 is 1.40 bits per heavy atom. The molecule has 1 rings (SSSR count). The number of aromatic amines is 1. The average Bonchev–Trinajstić information content (AvgIpc) is 2.41. The molecule has 20 heavy (non-hydrogen) atoms. The zero-order valence-electron chi connectivity index (χ0n) is 12.4. The molecule has 2 N–H and O–H groups in total. The van der Waals surface area contributed by atoms with E-state index >= 15 is 0 Å². The Labute approximate surface area is 123 Å². The Hall–Kier alpha value is -1.08. The highest BCUT2D eigenvalue weighted by Crippen LogP contribution is 2.14. The second-order valence-corrected chi connectivity index (χ2v) is 5.96. The van der Waals surface area contributed by atoms with Gasteiger partial charge < -0.3 is 5.32 Å². The van der Waals surface area contributed by atoms with Crippen molar-refractivity contribution in [2.24, 2.45) is 7.05 Å². The molecule has 0 fully saturated rings. The number of rotatable bonds is 9. The molecule has 7 heteroatoms. The molecular weight excluding hydrogens is 276 g/mol. The van der Waals surface area contributed by atoms with Gasteiger partial charge in [-0.2, -0.15) is 4.98 Å². The van der Waals surface area contributed by atoms with E-state index in [1.54, 1.807) is 7.05 Å². The fourth-order valence-electron chi connectivity index (χ4n) is 1.80. The second kappa shape index (κ2) is 8.97. The Morgan fingerprint density at radius 2 is 2.15 bits per heavy atom. The summed E-state index contributed by atoms with van der Waals surface area (Å²) in [5, 5.41) is 6.47. The van der Waals surface area contributed by atoms with Crippen molar-refractivity contribution in [2.45, 2.75) is 50.7 Å². The van der Waals surface area contributed by atoms with Crippen LogP contribution in [0.1, 0.15) is 39.5 Å². The molecule has 1 aromatic heterocycles. The van der Waals surface area contributed by atoms with Crippen LogP contribution in [0.5, 0.6) is 0 Å². The number of hydrogen-bond acceptors (Lipinski definition) is 5. The third kappa shape index (κ3) is 5.92. The Kier molecular flexibility index (Phi) is 7.61. The molecular formula is C13H24N4O2S. The summed E-state index contributed by atoms with van der Waals surface area (Å²) in [6.45, 7) is 5.44. The van der Waals surface area contributed by atoms with Gasteiger partial charge in [0.1, 0.15) is 0 Å². The largest absolute Gasteiger partial charge is 0.339 e. The highest BCUT2D eigenvalue weighted by Gasteiger charge is 2.05. The highest BCUT2D eigenvalue weighted by molar-refractivity contribution is 7.99. The standard InChI is InChI=1S/C13H24N4O2S/c1-4-8-14-10(2)7-5-6-9-20-13-15-11(18)12(19)16-17(13)3/h10,14H,4-9H2,1-3H3,(H,16,19). The van der Waals surface area contributed by atoms with E-state index in [1.807, 2.05) is 0 Å². The molecule has 0 aliphatic carbocycles. The lowest BCUT2D eigenvalue weighted by Crippen LogP contribution is -2.33. The van der Waals surface area contributed by atoms with Crippen molar-refractivity contribution >= 4 is 11.8 Å². The van der Waals surface area contributed by atoms with Crippen LogP contribution in [-0.2, 0) is 7.05 Å². The van der Waals surface area contributed by atoms with Gasteiger partial charge in [-0.05, 0) is 32.7 Å². The predicted molar refractivity (Wildman–Crippen MR) is 82.4 cm³/mol. The Morgan fingerprint density at radius 3 is 2.85 bits per heavy atom. The van der Waals surface area contributed by atoms with Gasteiger partial charge in [-0.3, -0.25) is 19.4 Å². The molecule has 1 aromatic rings. The third-order valence-electron chi connectivity index (χ3n) is 2.95. The molecule has 1 heterocycles. The van der Waals surface area contributed by atoms with Crippen LogP contribution >= 0.6 is 11.8 Å². The van der Waals surface area contributed by atoms with Gasteiger partial charge in [0.05, 0.1) is 0 Å². The molecule has 1 atom stereocenters. The van der Waals surface area contributed by atoms with Crippen molar-refractivity contribution in [2.75, 3.05) is 12.3 Å². The van der Waals surface area contributed by atoms with Crippen molar-refractivity contribution in [1.29, 1.82) is 0 Å². The highest BCUT2D eigenvalue weighted by atomic mass is 32.2. The molecule has 0 amide bonds. The summed E-state index contributed by atoms with van der Waals surface area (Å²) >= 11 is 1.50. The topological polar surface area (TPSA) is 79.8 Å². The maximum absolute atomic E-state index is 11.2. The van der Waals surface area contributed by atoms with Crippen LogP contribution in [0, 0.1) is 0 Å². The first-order chi connectivity index (χ1) is 9.54. The summed E-state index contributed by atoms with van der Waals surface area (Å²) in [4.78, 5) is 26.0. The number of nitrogens with one attached hydrogen (secondary N) is 2. The van der Waals surface area contributed by atoms with E-state index in [-0.39, 0.29) is 0 Å². The van der Waals surface area contributed by atoms with Gasteiger partial charge in [-0.1, -0.05) is 25.1 Å². The number of H-pyrrole nitrogens is 1. The van der Waals surface area contributed by atoms with Gasteiger partial charge in [0.2, 0.25) is 0 Å². The third-order valence-corrected chi connectivity index (χ3v) is 4.07. The first kappa shape index (κ1) is 17.0. The monoisotopic (exact) mass is 300 g/mol. The average molecular weight is 300 g/mol. The molecule has 0 spiro atoms. The molecule has 0 bridgehead atoms. The number of aromatic nitrogens is 3. The minimum Gasteiger partial charge on any atom is -0.314 e. The van der Waals surface area contributed by atoms with Crippen LogP contribution in [-0.4, -0.2) is 33.1 Å². The SMILES string of the molecule is CCCNC(C)CCCCSc1nc(=O)c(=O)[nH]n1C. The Bertz CT molecular complexity index is 512. The van der Waals surface area contributed by atoms with Crippen molar-refractivity contribution in [3.8, 4) is 0 Å². The van der Waals surface area contributed by atoms with E-state index in [4.69, 9.17) is 0 Å². The lowest BCUT2D eigenvalue weighted by atomic mass is 10.1. The molecule has 0 aromatic carbocycles. The van der Waals surface area contributed by atoms with Crippen LogP contribution in [0.3, 0.4) is 0 Å². The normalized spacial score (nSPS) is 12.6. The zero-order valence-corrected chi connectivity index (χ0v) is 13.3. The molecule has 0 saturated carbocycles. The number of thioether (sulfide) groups is 1. The van der Waals surface area contributed by atoms with E-state index in [0.717, 1.165) is 38.0 Å². The van der Waals surface area contributed by atoms with Crippen LogP contribution in [0.4, 0.5) is 0 Å². The van der Waals surface area contributed by atoms with E-state index in [9.17, 15) is 9.59 Å². The molecule has 0 radical (unpaired) electrons. The number of aryl methyl sites for hydroxylation is 1. The maximum Gasteiger partial charge on any atom is 0.339 e. The lowest BCUT2D eigenvalue weighted by molar-refractivity contribution is 0.496. The first-order valence-corrected chi connectivity index (χ1v) is 8.06. The minimum atomic E-state index is -0.719. The van der Waals surface area contributed by atoms with E-state index < -0.39 is 11.1 Å². The molecule has 1 unspecified atom stereocenters. The van der Waals surface area contributed by atoms with Crippen LogP contribution in [0.2, 0.25) is 0 Å². The van der Waals surface area contributed by atoms with Crippen molar-refractivity contribution < 1.29 is 0 Å². The number of hydrogen-bond donors (Lipinski definition) is 2. The summed E-state index contributed by atoms with van der Waals surface area (Å²) in [6.07, 6.45) is 4.52. The molecule has 0 aliphatic rings. The zero-order chi connectivity index (χ0) is 15.0. The van der Waals surface area contributed by atoms with E-state index in [2.05, 4.69) is 29.2 Å². The van der Waals surface area contributed by atoms with Crippen molar-refractivity contribution in [3.63, 3.8) is 0 Å². The maximum atomic E-state index is 11.2. The van der Waals surface area contributed by atoms with Crippen LogP contribution in [0.25, 0.3) is 0 Å². The van der Waals surface area contributed by atoms with Gasteiger partial charge in [-0.15, -0.1) is 0 Å². The first-order valence-electron chi connectivity index (χ1n) is 7.08. The van der Waals surface area contributed by atoms with Crippen molar-refractivity contribution in [3.05, 3.63) is 20.7 Å². The summed E-state index contributed by atoms with van der Waals surface area (Å²) < 4.78 is 1.50. The second-order valence-electron chi connectivity index (χ2n) is 4.90. The summed E-state index contributed by atoms with van der Waals surface area (Å²) in [5.74, 6) is 0.896. The number of nitrogens with zero attached hydrogens (tertiary/aromatic N) is 2. The Balaban J connectivity index is 2.26. The quantitative estimate of drug-likeness (QED) is 0.406. The van der Waals surface area contributed by atoms with Gasteiger partial charge in [0.25, 0.3) is 0 Å². The molecule has 6 nitrogen and oxygen atoms in total. The molecule has 0 aliphatic heterocycles. The summed E-state index contributed by atoms with van der Waals surface area (Å²) in [6, 6.07) is 0.551. The van der Waals surface area contributed by atoms with Crippen molar-refractivity contribution in [1.82, 2.24) is 20.1 Å².